The molecule has 0 radical (unpaired) electrons. The van der Waals surface area contributed by atoms with E-state index in [1.54, 1.807) is 43.3 Å². The lowest BCUT2D eigenvalue weighted by Crippen LogP contribution is -2.30. The standard InChI is InChI=1S/C23H18N2O5S/c1-13-21(14(2)26)31-23(24-13)25-19(15-7-4-3-5-8-15)18(20(28)22(25)29)17(27)11-10-16-9-6-12-30-16/h3-12,19,28H,1-2H3. The quantitative estimate of drug-likeness (QED) is 0.455. The molecule has 2 aromatic heterocycles. The Labute approximate surface area is 182 Å². The zero-order valence-corrected chi connectivity index (χ0v) is 17.6. The highest BCUT2D eigenvalue weighted by Gasteiger charge is 2.45. The number of allylic oxidation sites excluding steroid dienone is 1. The topological polar surface area (TPSA) is 101 Å². The van der Waals surface area contributed by atoms with Crippen molar-refractivity contribution in [3.8, 4) is 0 Å². The number of aliphatic hydroxyl groups excluding tert-OH is 1. The molecule has 156 valence electrons. The number of ketones is 2. The molecule has 0 fully saturated rings. The molecule has 1 amide bonds. The summed E-state index contributed by atoms with van der Waals surface area (Å²) in [4.78, 5) is 44.0. The second-order valence-corrected chi connectivity index (χ2v) is 7.91. The van der Waals surface area contributed by atoms with Gasteiger partial charge >= 0.3 is 0 Å². The Morgan fingerprint density at radius 2 is 1.94 bits per heavy atom. The highest BCUT2D eigenvalue weighted by Crippen LogP contribution is 2.43. The molecule has 0 aliphatic carbocycles. The van der Waals surface area contributed by atoms with Crippen LogP contribution in [0.1, 0.15) is 39.7 Å². The van der Waals surface area contributed by atoms with Crippen LogP contribution >= 0.6 is 11.3 Å². The number of hydrogen-bond donors (Lipinski definition) is 1. The Balaban J connectivity index is 1.80. The minimum atomic E-state index is -0.882. The number of benzene rings is 1. The minimum absolute atomic E-state index is 0.0590. The van der Waals surface area contributed by atoms with Crippen LogP contribution < -0.4 is 4.90 Å². The van der Waals surface area contributed by atoms with Gasteiger partial charge in [0.2, 0.25) is 0 Å². The maximum atomic E-state index is 13.0. The third kappa shape index (κ3) is 3.73. The van der Waals surface area contributed by atoms with Crippen molar-refractivity contribution in [3.05, 3.63) is 88.0 Å². The lowest BCUT2D eigenvalue weighted by molar-refractivity contribution is -0.117. The van der Waals surface area contributed by atoms with Crippen LogP contribution in [0.15, 0.2) is 70.6 Å². The van der Waals surface area contributed by atoms with E-state index < -0.39 is 23.5 Å². The fourth-order valence-electron chi connectivity index (χ4n) is 3.45. The molecule has 0 bridgehead atoms. The third-order valence-corrected chi connectivity index (χ3v) is 6.10. The monoisotopic (exact) mass is 434 g/mol. The average Bonchev–Trinajstić information content (AvgIpc) is 3.46. The van der Waals surface area contributed by atoms with E-state index in [1.165, 1.54) is 30.2 Å². The molecule has 3 aromatic rings. The minimum Gasteiger partial charge on any atom is -0.503 e. The van der Waals surface area contributed by atoms with Crippen LogP contribution in [0.5, 0.6) is 0 Å². The van der Waals surface area contributed by atoms with Crippen LogP contribution in [-0.4, -0.2) is 27.6 Å². The lowest BCUT2D eigenvalue weighted by atomic mass is 9.96. The number of anilines is 1. The molecule has 4 rings (SSSR count). The predicted molar refractivity (Wildman–Crippen MR) is 116 cm³/mol. The molecule has 7 nitrogen and oxygen atoms in total. The molecule has 1 unspecified atom stereocenters. The summed E-state index contributed by atoms with van der Waals surface area (Å²) < 4.78 is 5.20. The van der Waals surface area contributed by atoms with Gasteiger partial charge in [-0.25, -0.2) is 4.98 Å². The summed E-state index contributed by atoms with van der Waals surface area (Å²) in [5.41, 5.74) is 1.06. The van der Waals surface area contributed by atoms with Gasteiger partial charge in [0, 0.05) is 6.92 Å². The number of aliphatic hydroxyl groups is 1. The number of Topliss-reactive ketones (excluding diaryl/α,β-unsaturated/α-hetero) is 1. The first kappa shape index (κ1) is 20.5. The zero-order valence-electron chi connectivity index (χ0n) is 16.7. The van der Waals surface area contributed by atoms with Crippen molar-refractivity contribution in [2.24, 2.45) is 0 Å². The molecule has 1 N–H and O–H groups in total. The Morgan fingerprint density at radius 1 is 1.19 bits per heavy atom. The summed E-state index contributed by atoms with van der Waals surface area (Å²) in [6.45, 7) is 3.11. The normalized spacial score (nSPS) is 16.5. The summed E-state index contributed by atoms with van der Waals surface area (Å²) in [7, 11) is 0. The van der Waals surface area contributed by atoms with Gasteiger partial charge in [-0.15, -0.1) is 0 Å². The van der Waals surface area contributed by atoms with E-state index in [9.17, 15) is 19.5 Å². The molecule has 1 aliphatic heterocycles. The van der Waals surface area contributed by atoms with Crippen molar-refractivity contribution in [1.29, 1.82) is 0 Å². The van der Waals surface area contributed by atoms with Crippen LogP contribution in [0.3, 0.4) is 0 Å². The first-order valence-electron chi connectivity index (χ1n) is 9.44. The summed E-state index contributed by atoms with van der Waals surface area (Å²) in [6, 6.07) is 11.4. The third-order valence-electron chi connectivity index (χ3n) is 4.84. The smallest absolute Gasteiger partial charge is 0.296 e. The highest BCUT2D eigenvalue weighted by atomic mass is 32.1. The molecule has 31 heavy (non-hydrogen) atoms. The van der Waals surface area contributed by atoms with Gasteiger partial charge in [0.15, 0.2) is 22.5 Å². The number of rotatable bonds is 6. The Kier molecular flexibility index (Phi) is 5.39. The molecule has 1 atom stereocenters. The molecule has 1 aromatic carbocycles. The van der Waals surface area contributed by atoms with Gasteiger partial charge in [-0.2, -0.15) is 0 Å². The molecule has 0 saturated carbocycles. The molecule has 8 heteroatoms. The average molecular weight is 434 g/mol. The van der Waals surface area contributed by atoms with Crippen LogP contribution in [0.4, 0.5) is 5.13 Å². The van der Waals surface area contributed by atoms with Crippen LogP contribution in [0.25, 0.3) is 6.08 Å². The van der Waals surface area contributed by atoms with E-state index in [0.717, 1.165) is 11.3 Å². The number of carbonyl (C=O) groups excluding carboxylic acids is 3. The summed E-state index contributed by atoms with van der Waals surface area (Å²) in [5.74, 6) is -1.61. The SMILES string of the molecule is CC(=O)c1sc(N2C(=O)C(O)=C(C(=O)C=Cc3ccco3)C2c2ccccc2)nc1C. The zero-order chi connectivity index (χ0) is 22.1. The van der Waals surface area contributed by atoms with E-state index in [1.807, 2.05) is 6.07 Å². The van der Waals surface area contributed by atoms with Gasteiger partial charge in [-0.1, -0.05) is 41.7 Å². The summed E-state index contributed by atoms with van der Waals surface area (Å²) in [5, 5.41) is 10.9. The first-order chi connectivity index (χ1) is 14.9. The number of hydrogen-bond acceptors (Lipinski definition) is 7. The number of thiazole rings is 1. The van der Waals surface area contributed by atoms with E-state index >= 15 is 0 Å². The van der Waals surface area contributed by atoms with Gasteiger partial charge in [0.25, 0.3) is 5.91 Å². The number of nitrogens with zero attached hydrogens (tertiary/aromatic N) is 2. The second kappa shape index (κ2) is 8.16. The molecular formula is C23H18N2O5S. The fourth-order valence-corrected chi connectivity index (χ4v) is 4.44. The van der Waals surface area contributed by atoms with Gasteiger partial charge in [0.1, 0.15) is 5.76 Å². The fraction of sp³-hybridized carbons (Fsp3) is 0.130. The summed E-state index contributed by atoms with van der Waals surface area (Å²) in [6.07, 6.45) is 4.20. The predicted octanol–water partition coefficient (Wildman–Crippen LogP) is 4.43. The van der Waals surface area contributed by atoms with Crippen molar-refractivity contribution in [2.45, 2.75) is 19.9 Å². The van der Waals surface area contributed by atoms with Gasteiger partial charge in [-0.05, 0) is 36.8 Å². The molecule has 3 heterocycles. The van der Waals surface area contributed by atoms with Crippen molar-refractivity contribution >= 4 is 40.0 Å². The molecular weight excluding hydrogens is 416 g/mol. The van der Waals surface area contributed by atoms with Crippen molar-refractivity contribution in [2.75, 3.05) is 4.90 Å². The van der Waals surface area contributed by atoms with Crippen LogP contribution in [0.2, 0.25) is 0 Å². The van der Waals surface area contributed by atoms with E-state index in [0.29, 0.717) is 21.9 Å². The highest BCUT2D eigenvalue weighted by molar-refractivity contribution is 7.17. The van der Waals surface area contributed by atoms with Crippen molar-refractivity contribution in [1.82, 2.24) is 4.98 Å². The van der Waals surface area contributed by atoms with Gasteiger partial charge in [-0.3, -0.25) is 19.3 Å². The van der Waals surface area contributed by atoms with E-state index in [4.69, 9.17) is 4.42 Å². The number of aromatic nitrogens is 1. The Bertz CT molecular complexity index is 1220. The molecule has 1 aliphatic rings. The second-order valence-electron chi connectivity index (χ2n) is 6.93. The molecule has 0 spiro atoms. The lowest BCUT2D eigenvalue weighted by Gasteiger charge is -2.24. The number of amides is 1. The van der Waals surface area contributed by atoms with Gasteiger partial charge < -0.3 is 9.52 Å². The van der Waals surface area contributed by atoms with Crippen LogP contribution in [0, 0.1) is 6.92 Å². The Morgan fingerprint density at radius 3 is 2.55 bits per heavy atom. The van der Waals surface area contributed by atoms with E-state index in [2.05, 4.69) is 4.98 Å². The number of furan rings is 1. The van der Waals surface area contributed by atoms with E-state index in [-0.39, 0.29) is 16.5 Å². The van der Waals surface area contributed by atoms with Crippen molar-refractivity contribution < 1.29 is 23.9 Å². The Hall–Kier alpha value is -3.78. The largest absolute Gasteiger partial charge is 0.503 e. The maximum Gasteiger partial charge on any atom is 0.296 e. The van der Waals surface area contributed by atoms with Crippen molar-refractivity contribution in [3.63, 3.8) is 0 Å². The first-order valence-corrected chi connectivity index (χ1v) is 10.3. The summed E-state index contributed by atoms with van der Waals surface area (Å²) >= 11 is 1.06. The maximum absolute atomic E-state index is 13.0. The van der Waals surface area contributed by atoms with Gasteiger partial charge in [0.05, 0.1) is 28.4 Å². The number of carbonyl (C=O) groups is 3. The van der Waals surface area contributed by atoms with Crippen LogP contribution in [-0.2, 0) is 9.59 Å². The number of aryl methyl sites for hydroxylation is 1. The molecule has 0 saturated heterocycles.